The first kappa shape index (κ1) is 29.4. The molecule has 16 heteroatoms. The fourth-order valence-corrected chi connectivity index (χ4v) is 4.16. The number of alkyl halides is 3. The van der Waals surface area contributed by atoms with E-state index in [2.05, 4.69) is 25.7 Å². The van der Waals surface area contributed by atoms with Crippen molar-refractivity contribution in [3.05, 3.63) is 58.4 Å². The molecule has 2 amide bonds. The van der Waals surface area contributed by atoms with Gasteiger partial charge in [0.25, 0.3) is 5.56 Å². The maximum atomic E-state index is 12.9. The first-order valence-electron chi connectivity index (χ1n) is 11.2. The molecule has 0 aliphatic rings. The second-order valence-corrected chi connectivity index (χ2v) is 9.26. The van der Waals surface area contributed by atoms with Crippen LogP contribution in [-0.4, -0.2) is 62.6 Å². The molecule has 2 atom stereocenters. The predicted octanol–water partition coefficient (Wildman–Crippen LogP) is 1.19. The van der Waals surface area contributed by atoms with E-state index in [1.807, 2.05) is 0 Å². The Morgan fingerprint density at radius 3 is 2.51 bits per heavy atom. The van der Waals surface area contributed by atoms with Crippen LogP contribution < -0.4 is 26.7 Å². The van der Waals surface area contributed by atoms with Crippen LogP contribution in [0.1, 0.15) is 18.5 Å². The molecule has 0 unspecified atom stereocenters. The van der Waals surface area contributed by atoms with Crippen molar-refractivity contribution in [2.75, 3.05) is 12.3 Å². The van der Waals surface area contributed by atoms with Gasteiger partial charge in [-0.1, -0.05) is 17.3 Å². The minimum absolute atomic E-state index is 0.104. The zero-order valence-corrected chi connectivity index (χ0v) is 21.1. The molecule has 0 saturated heterocycles. The fraction of sp³-hybridized carbons (Fsp3) is 0.304. The number of ether oxygens (including phenoxy) is 1. The molecule has 3 rings (SSSR count). The van der Waals surface area contributed by atoms with E-state index >= 15 is 0 Å². The van der Waals surface area contributed by atoms with Crippen molar-refractivity contribution in [1.29, 1.82) is 0 Å². The van der Waals surface area contributed by atoms with Crippen LogP contribution in [0.3, 0.4) is 0 Å². The summed E-state index contributed by atoms with van der Waals surface area (Å²) in [5.41, 5.74) is 5.96. The highest BCUT2D eigenvalue weighted by atomic mass is 32.2. The first-order chi connectivity index (χ1) is 18.3. The van der Waals surface area contributed by atoms with Gasteiger partial charge in [0.1, 0.15) is 24.4 Å². The largest absolute Gasteiger partial charge is 0.573 e. The molecule has 0 spiro atoms. The number of aliphatic carboxylic acids is 1. The monoisotopic (exact) mass is 568 g/mol. The third-order valence-electron chi connectivity index (χ3n) is 5.16. The van der Waals surface area contributed by atoms with Crippen LogP contribution in [0.25, 0.3) is 10.9 Å². The van der Waals surface area contributed by atoms with Gasteiger partial charge in [0.15, 0.2) is 0 Å². The first-order valence-corrected chi connectivity index (χ1v) is 12.2. The molecule has 3 aromatic rings. The Morgan fingerprint density at radius 1 is 1.18 bits per heavy atom. The molecule has 0 aliphatic heterocycles. The smallest absolute Gasteiger partial charge is 0.480 e. The van der Waals surface area contributed by atoms with Gasteiger partial charge in [-0.3, -0.25) is 19.2 Å². The molecule has 0 saturated carbocycles. The number of fused-ring (bicyclic) bond motifs is 1. The van der Waals surface area contributed by atoms with Crippen molar-refractivity contribution in [1.82, 2.24) is 25.6 Å². The lowest BCUT2D eigenvalue weighted by Crippen LogP contribution is -2.44. The SMILES string of the molecule is C[C@H](NC(=O)Cn1nnc2ccc(SC[C@H](N)C(=O)NCC(=O)O)cc2c1=O)c1ccc(OC(F)(F)F)cc1. The average molecular weight is 569 g/mol. The highest BCUT2D eigenvalue weighted by Gasteiger charge is 2.31. The van der Waals surface area contributed by atoms with Gasteiger partial charge in [-0.05, 0) is 42.8 Å². The summed E-state index contributed by atoms with van der Waals surface area (Å²) >= 11 is 1.16. The number of nitrogens with one attached hydrogen (secondary N) is 2. The summed E-state index contributed by atoms with van der Waals surface area (Å²) in [6.45, 7) is 0.594. The van der Waals surface area contributed by atoms with Gasteiger partial charge in [-0.25, -0.2) is 4.68 Å². The molecule has 39 heavy (non-hydrogen) atoms. The van der Waals surface area contributed by atoms with Gasteiger partial charge >= 0.3 is 12.3 Å². The lowest BCUT2D eigenvalue weighted by Gasteiger charge is -2.15. The van der Waals surface area contributed by atoms with Crippen LogP contribution in [0.15, 0.2) is 52.2 Å². The number of thioether (sulfide) groups is 1. The minimum atomic E-state index is -4.82. The molecular formula is C23H23F3N6O6S. The standard InChI is InChI=1S/C23H23F3N6O6S/c1-12(13-2-4-14(5-3-13)38-23(24,25)26)29-19(33)10-32-22(37)16-8-15(6-7-18(16)30-31-32)39-11-17(27)21(36)28-9-20(34)35/h2-8,12,17H,9-11,27H2,1H3,(H,28,36)(H,29,33)(H,34,35)/t12-,17-/m0/s1. The summed E-state index contributed by atoms with van der Waals surface area (Å²) in [5, 5.41) is 21.3. The molecule has 0 bridgehead atoms. The second-order valence-electron chi connectivity index (χ2n) is 8.17. The summed E-state index contributed by atoms with van der Waals surface area (Å²) < 4.78 is 41.7. The van der Waals surface area contributed by atoms with Crippen LogP contribution in [-0.2, 0) is 20.9 Å². The molecule has 0 aliphatic carbocycles. The third-order valence-corrected chi connectivity index (χ3v) is 6.27. The number of rotatable bonds is 11. The second kappa shape index (κ2) is 12.6. The minimum Gasteiger partial charge on any atom is -0.480 e. The summed E-state index contributed by atoms with van der Waals surface area (Å²) in [7, 11) is 0. The summed E-state index contributed by atoms with van der Waals surface area (Å²) in [5.74, 6) is -2.72. The number of benzene rings is 2. The van der Waals surface area contributed by atoms with Gasteiger partial charge in [0, 0.05) is 10.6 Å². The topological polar surface area (TPSA) is 179 Å². The quantitative estimate of drug-likeness (QED) is 0.246. The van der Waals surface area contributed by atoms with Crippen molar-refractivity contribution in [3.8, 4) is 5.75 Å². The molecule has 0 fully saturated rings. The Balaban J connectivity index is 1.63. The number of carboxylic acid groups (broad SMARTS) is 1. The van der Waals surface area contributed by atoms with E-state index in [9.17, 15) is 32.3 Å². The Labute approximate surface area is 222 Å². The maximum absolute atomic E-state index is 12.9. The summed E-state index contributed by atoms with van der Waals surface area (Å²) in [4.78, 5) is 48.5. The van der Waals surface area contributed by atoms with E-state index in [0.717, 1.165) is 28.6 Å². The molecule has 2 aromatic carbocycles. The Morgan fingerprint density at radius 2 is 1.87 bits per heavy atom. The number of amides is 2. The van der Waals surface area contributed by atoms with E-state index in [1.54, 1.807) is 19.1 Å². The van der Waals surface area contributed by atoms with E-state index in [0.29, 0.717) is 10.5 Å². The molecule has 1 heterocycles. The normalized spacial score (nSPS) is 12.9. The number of carbonyl (C=O) groups excluding carboxylic acids is 2. The van der Waals surface area contributed by atoms with E-state index < -0.39 is 60.6 Å². The fourth-order valence-electron chi connectivity index (χ4n) is 3.27. The van der Waals surface area contributed by atoms with Crippen molar-refractivity contribution < 1.29 is 37.4 Å². The number of nitrogens with two attached hydrogens (primary N) is 1. The summed E-state index contributed by atoms with van der Waals surface area (Å²) in [6.07, 6.45) is -4.82. The molecule has 12 nitrogen and oxygen atoms in total. The van der Waals surface area contributed by atoms with Crippen LogP contribution >= 0.6 is 11.8 Å². The van der Waals surface area contributed by atoms with Crippen LogP contribution in [0.2, 0.25) is 0 Å². The van der Waals surface area contributed by atoms with Gasteiger partial charge in [0.05, 0.1) is 17.5 Å². The molecular weight excluding hydrogens is 545 g/mol. The zero-order chi connectivity index (χ0) is 28.7. The van der Waals surface area contributed by atoms with Crippen molar-refractivity contribution in [2.24, 2.45) is 5.73 Å². The van der Waals surface area contributed by atoms with E-state index in [1.165, 1.54) is 18.2 Å². The van der Waals surface area contributed by atoms with Crippen LogP contribution in [0.5, 0.6) is 5.75 Å². The summed E-state index contributed by atoms with van der Waals surface area (Å²) in [6, 6.07) is 8.10. The number of carboxylic acids is 1. The van der Waals surface area contributed by atoms with Gasteiger partial charge in [0.2, 0.25) is 11.8 Å². The van der Waals surface area contributed by atoms with Crippen LogP contribution in [0.4, 0.5) is 13.2 Å². The van der Waals surface area contributed by atoms with Crippen molar-refractivity contribution in [3.63, 3.8) is 0 Å². The highest BCUT2D eigenvalue weighted by molar-refractivity contribution is 7.99. The Bertz CT molecular complexity index is 1420. The van der Waals surface area contributed by atoms with Gasteiger partial charge < -0.3 is 26.2 Å². The number of carbonyl (C=O) groups is 3. The third kappa shape index (κ3) is 8.68. The lowest BCUT2D eigenvalue weighted by atomic mass is 10.1. The Hall–Kier alpha value is -4.18. The van der Waals surface area contributed by atoms with Crippen LogP contribution in [0, 0.1) is 0 Å². The highest BCUT2D eigenvalue weighted by Crippen LogP contribution is 2.24. The molecule has 5 N–H and O–H groups in total. The lowest BCUT2D eigenvalue weighted by molar-refractivity contribution is -0.274. The average Bonchev–Trinajstić information content (AvgIpc) is 2.87. The number of hydrogen-bond acceptors (Lipinski definition) is 9. The van der Waals surface area contributed by atoms with Crippen molar-refractivity contribution in [2.45, 2.75) is 36.8 Å². The van der Waals surface area contributed by atoms with Crippen molar-refractivity contribution >= 4 is 40.4 Å². The number of nitrogens with zero attached hydrogens (tertiary/aromatic N) is 3. The van der Waals surface area contributed by atoms with Gasteiger partial charge in [-0.15, -0.1) is 30.0 Å². The molecule has 208 valence electrons. The zero-order valence-electron chi connectivity index (χ0n) is 20.3. The van der Waals surface area contributed by atoms with Gasteiger partial charge in [-0.2, -0.15) is 0 Å². The maximum Gasteiger partial charge on any atom is 0.573 e. The number of hydrogen-bond donors (Lipinski definition) is 4. The number of aromatic nitrogens is 3. The Kier molecular flexibility index (Phi) is 9.47. The van der Waals surface area contributed by atoms with E-state index in [-0.39, 0.29) is 16.7 Å². The number of halogens is 3. The molecule has 1 aromatic heterocycles. The predicted molar refractivity (Wildman–Crippen MR) is 133 cm³/mol. The van der Waals surface area contributed by atoms with E-state index in [4.69, 9.17) is 10.8 Å². The molecule has 0 radical (unpaired) electrons.